The topological polar surface area (TPSA) is 134 Å². The number of unbranched alkanes of at least 4 members (excludes halogenated alkanes) is 33. The number of ether oxygens (including phenoxy) is 2. The number of carbonyl (C=O) groups is 2. The lowest BCUT2D eigenvalue weighted by atomic mass is 10.0. The number of hydrogen-bond donors (Lipinski definition) is 2. The second-order valence-electron chi connectivity index (χ2n) is 19.8. The molecule has 0 spiro atoms. The first-order valence-corrected chi connectivity index (χ1v) is 31.3. The van der Waals surface area contributed by atoms with Gasteiger partial charge < -0.3 is 20.1 Å². The molecule has 0 bridgehead atoms. The second kappa shape index (κ2) is 57.0. The highest BCUT2D eigenvalue weighted by Crippen LogP contribution is 2.43. The van der Waals surface area contributed by atoms with Crippen LogP contribution in [0, 0.1) is 0 Å². The van der Waals surface area contributed by atoms with Gasteiger partial charge in [0, 0.05) is 19.4 Å². The van der Waals surface area contributed by atoms with Crippen molar-refractivity contribution in [1.29, 1.82) is 0 Å². The molecule has 0 aromatic heterocycles. The van der Waals surface area contributed by atoms with E-state index in [0.29, 0.717) is 6.42 Å². The van der Waals surface area contributed by atoms with Gasteiger partial charge in [0.05, 0.1) is 13.2 Å². The Morgan fingerprint density at radius 3 is 1.15 bits per heavy atom. The summed E-state index contributed by atoms with van der Waals surface area (Å²) in [5.41, 5.74) is 5.37. The molecular formula is C61H112NO8P. The number of allylic oxidation sites excluding steroid dienone is 10. The van der Waals surface area contributed by atoms with Crippen LogP contribution >= 0.6 is 7.82 Å². The van der Waals surface area contributed by atoms with Crippen LogP contribution in [0.1, 0.15) is 284 Å². The summed E-state index contributed by atoms with van der Waals surface area (Å²) in [5.74, 6) is -0.814. The van der Waals surface area contributed by atoms with Crippen LogP contribution < -0.4 is 5.73 Å². The van der Waals surface area contributed by atoms with E-state index < -0.39 is 26.5 Å². The third-order valence-corrected chi connectivity index (χ3v) is 13.9. The van der Waals surface area contributed by atoms with Gasteiger partial charge in [-0.25, -0.2) is 4.57 Å². The summed E-state index contributed by atoms with van der Waals surface area (Å²) < 4.78 is 33.0. The lowest BCUT2D eigenvalue weighted by Gasteiger charge is -2.19. The van der Waals surface area contributed by atoms with Crippen LogP contribution in [-0.4, -0.2) is 49.3 Å². The van der Waals surface area contributed by atoms with Crippen LogP contribution in [0.4, 0.5) is 0 Å². The van der Waals surface area contributed by atoms with E-state index in [1.54, 1.807) is 0 Å². The molecule has 2 unspecified atom stereocenters. The minimum atomic E-state index is -4.38. The fourth-order valence-corrected chi connectivity index (χ4v) is 9.31. The molecular weight excluding hydrogens is 906 g/mol. The quantitative estimate of drug-likeness (QED) is 0.0264. The van der Waals surface area contributed by atoms with Crippen LogP contribution in [0.2, 0.25) is 0 Å². The van der Waals surface area contributed by atoms with Crippen molar-refractivity contribution in [3.63, 3.8) is 0 Å². The van der Waals surface area contributed by atoms with E-state index >= 15 is 0 Å². The monoisotopic (exact) mass is 1020 g/mol. The van der Waals surface area contributed by atoms with Crippen LogP contribution in [0.3, 0.4) is 0 Å². The number of rotatable bonds is 56. The minimum absolute atomic E-state index is 0.0551. The molecule has 0 aliphatic rings. The zero-order valence-electron chi connectivity index (χ0n) is 46.2. The van der Waals surface area contributed by atoms with Gasteiger partial charge in [0.15, 0.2) is 6.10 Å². The van der Waals surface area contributed by atoms with E-state index in [9.17, 15) is 19.0 Å². The fourth-order valence-electron chi connectivity index (χ4n) is 8.55. The molecule has 10 heteroatoms. The predicted octanol–water partition coefficient (Wildman–Crippen LogP) is 18.7. The van der Waals surface area contributed by atoms with Crippen molar-refractivity contribution < 1.29 is 37.6 Å². The van der Waals surface area contributed by atoms with Gasteiger partial charge >= 0.3 is 19.8 Å². The van der Waals surface area contributed by atoms with Gasteiger partial charge in [-0.15, -0.1) is 0 Å². The molecule has 0 aromatic rings. The number of carbonyl (C=O) groups excluding carboxylic acids is 2. The fraction of sp³-hybridized carbons (Fsp3) is 0.803. The molecule has 0 aliphatic carbocycles. The first-order chi connectivity index (χ1) is 34.8. The number of phosphoric acid groups is 1. The first-order valence-electron chi connectivity index (χ1n) is 29.8. The van der Waals surface area contributed by atoms with Gasteiger partial charge in [-0.05, 0) is 57.8 Å². The molecule has 0 aromatic carbocycles. The molecule has 0 saturated heterocycles. The highest BCUT2D eigenvalue weighted by Gasteiger charge is 2.26. The summed E-state index contributed by atoms with van der Waals surface area (Å²) in [6.07, 6.45) is 71.6. The number of phosphoric ester groups is 1. The Hall–Kier alpha value is -2.29. The lowest BCUT2D eigenvalue weighted by molar-refractivity contribution is -0.161. The maximum Gasteiger partial charge on any atom is 0.472 e. The van der Waals surface area contributed by atoms with Crippen molar-refractivity contribution in [2.45, 2.75) is 290 Å². The highest BCUT2D eigenvalue weighted by molar-refractivity contribution is 7.47. The molecule has 2 atom stereocenters. The van der Waals surface area contributed by atoms with Crippen LogP contribution in [-0.2, 0) is 32.7 Å². The summed E-state index contributed by atoms with van der Waals surface area (Å²) in [4.78, 5) is 35.1. The summed E-state index contributed by atoms with van der Waals surface area (Å²) in [5, 5.41) is 0. The van der Waals surface area contributed by atoms with E-state index in [4.69, 9.17) is 24.3 Å². The average Bonchev–Trinajstić information content (AvgIpc) is 3.36. The highest BCUT2D eigenvalue weighted by atomic mass is 31.2. The smallest absolute Gasteiger partial charge is 0.462 e. The molecule has 0 aliphatic heterocycles. The summed E-state index contributed by atoms with van der Waals surface area (Å²) in [6, 6.07) is 0. The van der Waals surface area contributed by atoms with Crippen molar-refractivity contribution in [2.24, 2.45) is 5.73 Å². The van der Waals surface area contributed by atoms with Gasteiger partial charge in [0.2, 0.25) is 0 Å². The maximum absolute atomic E-state index is 12.7. The maximum atomic E-state index is 12.7. The SMILES string of the molecule is CC/C=C\C/C=C\C/C=C\C/C=C\C/C=C\CCCCCCCCCCCCCCCCCCCCCCCC(=O)OC(COC(=O)CCCCCCCCCCCCCCC)COP(=O)(O)OCCN. The third kappa shape index (κ3) is 56.9. The van der Waals surface area contributed by atoms with E-state index in [1.165, 1.54) is 186 Å². The van der Waals surface area contributed by atoms with E-state index in [2.05, 4.69) is 74.6 Å². The second-order valence-corrected chi connectivity index (χ2v) is 21.3. The molecule has 3 N–H and O–H groups in total. The Labute approximate surface area is 438 Å². The van der Waals surface area contributed by atoms with Gasteiger partial charge in [-0.3, -0.25) is 18.6 Å². The van der Waals surface area contributed by atoms with Gasteiger partial charge in [-0.1, -0.05) is 274 Å². The zero-order chi connectivity index (χ0) is 51.7. The zero-order valence-corrected chi connectivity index (χ0v) is 47.1. The molecule has 0 rings (SSSR count). The van der Waals surface area contributed by atoms with Gasteiger partial charge in [0.25, 0.3) is 0 Å². The van der Waals surface area contributed by atoms with Crippen molar-refractivity contribution in [3.8, 4) is 0 Å². The van der Waals surface area contributed by atoms with Crippen molar-refractivity contribution >= 4 is 19.8 Å². The molecule has 0 amide bonds. The van der Waals surface area contributed by atoms with E-state index in [0.717, 1.165) is 64.2 Å². The Morgan fingerprint density at radius 1 is 0.437 bits per heavy atom. The minimum Gasteiger partial charge on any atom is -0.462 e. The lowest BCUT2D eigenvalue weighted by Crippen LogP contribution is -2.29. The van der Waals surface area contributed by atoms with Crippen LogP contribution in [0.25, 0.3) is 0 Å². The van der Waals surface area contributed by atoms with Gasteiger partial charge in [0.1, 0.15) is 6.61 Å². The number of esters is 2. The molecule has 0 saturated carbocycles. The van der Waals surface area contributed by atoms with Crippen molar-refractivity contribution in [3.05, 3.63) is 60.8 Å². The van der Waals surface area contributed by atoms with Crippen molar-refractivity contribution in [2.75, 3.05) is 26.4 Å². The predicted molar refractivity (Wildman–Crippen MR) is 303 cm³/mol. The number of hydrogen-bond acceptors (Lipinski definition) is 8. The molecule has 71 heavy (non-hydrogen) atoms. The first kappa shape index (κ1) is 68.7. The summed E-state index contributed by atoms with van der Waals surface area (Å²) >= 11 is 0. The van der Waals surface area contributed by atoms with Crippen LogP contribution in [0.5, 0.6) is 0 Å². The molecule has 0 fully saturated rings. The third-order valence-electron chi connectivity index (χ3n) is 12.9. The standard InChI is InChI=1S/C61H112NO8P/c1-3-5-7-9-11-13-15-17-18-19-20-21-22-23-24-25-26-27-28-29-30-31-32-33-34-35-36-37-38-39-40-42-44-46-48-50-52-54-61(64)70-59(58-69-71(65,66)68-56-55-62)57-67-60(63)53-51-49-47-45-43-41-16-14-12-10-8-6-4-2/h5,7,11,13,17-18,20-21,23-24,59H,3-4,6,8-10,12,14-16,19,22,25-58,62H2,1-2H3,(H,65,66)/b7-5-,13-11-,18-17-,21-20-,24-23-. The molecule has 0 heterocycles. The van der Waals surface area contributed by atoms with Gasteiger partial charge in [-0.2, -0.15) is 0 Å². The Bertz CT molecular complexity index is 1350. The largest absolute Gasteiger partial charge is 0.472 e. The van der Waals surface area contributed by atoms with Crippen molar-refractivity contribution in [1.82, 2.24) is 0 Å². The van der Waals surface area contributed by atoms with Crippen LogP contribution in [0.15, 0.2) is 60.8 Å². The number of nitrogens with two attached hydrogens (primary N) is 1. The Balaban J connectivity index is 3.79. The van der Waals surface area contributed by atoms with E-state index in [-0.39, 0.29) is 38.6 Å². The molecule has 414 valence electrons. The Morgan fingerprint density at radius 2 is 0.775 bits per heavy atom. The Kier molecular flexibility index (Phi) is 55.2. The summed E-state index contributed by atoms with van der Waals surface area (Å²) in [7, 11) is -4.38. The normalized spacial score (nSPS) is 13.5. The summed E-state index contributed by atoms with van der Waals surface area (Å²) in [6.45, 7) is 3.66. The molecule has 9 nitrogen and oxygen atoms in total. The molecule has 0 radical (unpaired) electrons. The average molecular weight is 1020 g/mol. The van der Waals surface area contributed by atoms with E-state index in [1.807, 2.05) is 0 Å².